The lowest BCUT2D eigenvalue weighted by Crippen LogP contribution is -2.67. The van der Waals surface area contributed by atoms with Crippen LogP contribution in [-0.4, -0.2) is 71.0 Å². The molecule has 1 aliphatic carbocycles. The number of piperazine rings is 1. The summed E-state index contributed by atoms with van der Waals surface area (Å²) in [5.74, 6) is -0.499. The predicted octanol–water partition coefficient (Wildman–Crippen LogP) is 5.70. The number of halogens is 5. The second-order valence-electron chi connectivity index (χ2n) is 12.7. The summed E-state index contributed by atoms with van der Waals surface area (Å²) in [6.45, 7) is 4.06. The topological polar surface area (TPSA) is 140 Å². The molecule has 0 spiro atoms. The van der Waals surface area contributed by atoms with Gasteiger partial charge in [-0.15, -0.1) is 5.10 Å². The molecule has 1 N–H and O–H groups in total. The van der Waals surface area contributed by atoms with Gasteiger partial charge in [0.25, 0.3) is 11.5 Å². The molecule has 2 atom stereocenters. The minimum atomic E-state index is -4.60. The molecule has 2 aromatic carbocycles. The molecular formula is C35H32BrClF3N9O4. The van der Waals surface area contributed by atoms with E-state index < -0.39 is 23.2 Å². The summed E-state index contributed by atoms with van der Waals surface area (Å²) < 4.78 is 48.5. The van der Waals surface area contributed by atoms with Crippen molar-refractivity contribution in [2.45, 2.75) is 64.5 Å². The molecule has 1 saturated carbocycles. The number of benzene rings is 2. The van der Waals surface area contributed by atoms with Crippen LogP contribution in [0.15, 0.2) is 64.4 Å². The number of amides is 2. The molecule has 2 amide bonds. The molecule has 18 heteroatoms. The van der Waals surface area contributed by atoms with Gasteiger partial charge in [-0.25, -0.2) is 9.97 Å². The molecule has 3 aromatic heterocycles. The van der Waals surface area contributed by atoms with Gasteiger partial charge in [0, 0.05) is 19.1 Å². The highest BCUT2D eigenvalue weighted by molar-refractivity contribution is 9.10. The summed E-state index contributed by atoms with van der Waals surface area (Å²) in [6, 6.07) is 11.8. The third-order valence-electron chi connectivity index (χ3n) is 9.55. The molecule has 2 aliphatic rings. The lowest BCUT2D eigenvalue weighted by molar-refractivity contribution is -0.137. The normalized spacial score (nSPS) is 17.0. The lowest BCUT2D eigenvalue weighted by atomic mass is 9.81. The predicted molar refractivity (Wildman–Crippen MR) is 192 cm³/mol. The fraction of sp³-hybridized carbons (Fsp3) is 0.343. The standard InChI is InChI=1S/C35H32BrClF3N9O4/c1-3-24-29(32(52)49-34(44-33(36)45-49)48(24)16-27(50)43-23-10-9-21(15-22(23)37)35(38,39)40)46-13-14-47(26-12-11-25(26)46)31(51)28-30(19(2)41-18-42-28)53-17-20-7-5-4-6-8-20/h4-10,15,18,25-26H,3,11-14,16-17H2,1-2H3,(H,43,50)/t25-,26-/m0/s1. The molecule has 13 nitrogen and oxygen atoms in total. The summed E-state index contributed by atoms with van der Waals surface area (Å²) >= 11 is 9.35. The Kier molecular flexibility index (Phi) is 9.88. The van der Waals surface area contributed by atoms with Crippen LogP contribution in [0.4, 0.5) is 24.5 Å². The van der Waals surface area contributed by atoms with E-state index in [1.54, 1.807) is 16.4 Å². The molecule has 0 bridgehead atoms. The van der Waals surface area contributed by atoms with Crippen LogP contribution in [0.25, 0.3) is 5.78 Å². The van der Waals surface area contributed by atoms with E-state index in [-0.39, 0.29) is 64.6 Å². The van der Waals surface area contributed by atoms with Crippen molar-refractivity contribution in [1.82, 2.24) is 34.0 Å². The number of hydrogen-bond acceptors (Lipinski definition) is 9. The summed E-state index contributed by atoms with van der Waals surface area (Å²) in [4.78, 5) is 58.4. The average Bonchev–Trinajstić information content (AvgIpc) is 3.51. The fourth-order valence-corrected chi connectivity index (χ4v) is 7.47. The smallest absolute Gasteiger partial charge is 0.416 e. The SMILES string of the molecule is CCc1c(N2CCN(C(=O)c3ncnc(C)c3OCc3ccccc3)[C@H]3CC[C@@H]32)c(=O)n2nc(Br)nc2n1CC(=O)Nc1ccc(C(F)(F)F)cc1Cl. The Morgan fingerprint density at radius 2 is 1.83 bits per heavy atom. The molecule has 5 aromatic rings. The number of nitrogens with one attached hydrogen (secondary N) is 1. The second-order valence-corrected chi connectivity index (χ2v) is 13.8. The highest BCUT2D eigenvalue weighted by atomic mass is 79.9. The van der Waals surface area contributed by atoms with Gasteiger partial charge in [-0.2, -0.15) is 22.7 Å². The third-order valence-corrected chi connectivity index (χ3v) is 10.2. The fourth-order valence-electron chi connectivity index (χ4n) is 6.92. The third kappa shape index (κ3) is 6.94. The number of nitrogens with zero attached hydrogens (tertiary/aromatic N) is 8. The minimum Gasteiger partial charge on any atom is -0.485 e. The maximum atomic E-state index is 14.2. The van der Waals surface area contributed by atoms with Gasteiger partial charge in [-0.05, 0) is 65.9 Å². The van der Waals surface area contributed by atoms with Crippen molar-refractivity contribution in [1.29, 1.82) is 0 Å². The van der Waals surface area contributed by atoms with Gasteiger partial charge in [0.2, 0.25) is 16.4 Å². The van der Waals surface area contributed by atoms with Gasteiger partial charge >= 0.3 is 6.18 Å². The Hall–Kier alpha value is -5.03. The van der Waals surface area contributed by atoms with Crippen LogP contribution < -0.4 is 20.5 Å². The van der Waals surface area contributed by atoms with E-state index in [4.69, 9.17) is 16.3 Å². The van der Waals surface area contributed by atoms with Crippen LogP contribution in [0.3, 0.4) is 0 Å². The zero-order valence-electron chi connectivity index (χ0n) is 28.4. The molecule has 53 heavy (non-hydrogen) atoms. The quantitative estimate of drug-likeness (QED) is 0.199. The van der Waals surface area contributed by atoms with Crippen molar-refractivity contribution >= 4 is 56.5 Å². The van der Waals surface area contributed by atoms with Crippen LogP contribution >= 0.6 is 27.5 Å². The van der Waals surface area contributed by atoms with E-state index in [1.807, 2.05) is 42.2 Å². The molecule has 0 unspecified atom stereocenters. The zero-order chi connectivity index (χ0) is 37.6. The number of aryl methyl sites for hydroxylation is 1. The van der Waals surface area contributed by atoms with Gasteiger partial charge in [0.15, 0.2) is 11.4 Å². The molecule has 1 aliphatic heterocycles. The Bertz CT molecular complexity index is 2290. The zero-order valence-corrected chi connectivity index (χ0v) is 30.7. The van der Waals surface area contributed by atoms with E-state index >= 15 is 0 Å². The largest absolute Gasteiger partial charge is 0.485 e. The van der Waals surface area contributed by atoms with Gasteiger partial charge in [0.05, 0.1) is 33.7 Å². The summed E-state index contributed by atoms with van der Waals surface area (Å²) in [7, 11) is 0. The first-order valence-corrected chi connectivity index (χ1v) is 17.9. The van der Waals surface area contributed by atoms with Crippen LogP contribution in [0.2, 0.25) is 5.02 Å². The van der Waals surface area contributed by atoms with Gasteiger partial charge < -0.3 is 24.4 Å². The van der Waals surface area contributed by atoms with Crippen molar-refractivity contribution in [3.63, 3.8) is 0 Å². The van der Waals surface area contributed by atoms with E-state index in [0.29, 0.717) is 48.6 Å². The number of hydrogen-bond donors (Lipinski definition) is 1. The monoisotopic (exact) mass is 813 g/mol. The van der Waals surface area contributed by atoms with Crippen LogP contribution in [-0.2, 0) is 30.5 Å². The number of carbonyl (C=O) groups is 2. The molecule has 4 heterocycles. The molecule has 1 saturated heterocycles. The van der Waals surface area contributed by atoms with Crippen LogP contribution in [0, 0.1) is 6.92 Å². The number of fused-ring (bicyclic) bond motifs is 2. The number of anilines is 2. The first kappa shape index (κ1) is 36.3. The Balaban J connectivity index is 1.17. The van der Waals surface area contributed by atoms with Crippen molar-refractivity contribution in [2.75, 3.05) is 23.3 Å². The Morgan fingerprint density at radius 3 is 2.51 bits per heavy atom. The number of alkyl halides is 3. The van der Waals surface area contributed by atoms with Gasteiger partial charge in [-0.1, -0.05) is 48.9 Å². The summed E-state index contributed by atoms with van der Waals surface area (Å²) in [6.07, 6.45) is -1.55. The number of ether oxygens (including phenoxy) is 1. The van der Waals surface area contributed by atoms with E-state index in [0.717, 1.165) is 28.3 Å². The first-order valence-electron chi connectivity index (χ1n) is 16.8. The average molecular weight is 815 g/mol. The molecule has 2 fully saturated rings. The maximum Gasteiger partial charge on any atom is 0.416 e. The van der Waals surface area contributed by atoms with Gasteiger partial charge in [-0.3, -0.25) is 14.4 Å². The highest BCUT2D eigenvalue weighted by Gasteiger charge is 2.47. The summed E-state index contributed by atoms with van der Waals surface area (Å²) in [5, 5.41) is 6.55. The van der Waals surface area contributed by atoms with Crippen molar-refractivity contribution in [3.8, 4) is 5.75 Å². The minimum absolute atomic E-state index is 0.00625. The summed E-state index contributed by atoms with van der Waals surface area (Å²) in [5.41, 5.74) is 1.06. The number of aromatic nitrogens is 6. The first-order chi connectivity index (χ1) is 25.3. The van der Waals surface area contributed by atoms with Crippen molar-refractivity contribution in [3.05, 3.63) is 103 Å². The van der Waals surface area contributed by atoms with E-state index in [2.05, 4.69) is 41.3 Å². The number of carbonyl (C=O) groups excluding carboxylic acids is 2. The Morgan fingerprint density at radius 1 is 1.08 bits per heavy atom. The van der Waals surface area contributed by atoms with Crippen LogP contribution in [0.5, 0.6) is 5.75 Å². The van der Waals surface area contributed by atoms with Crippen molar-refractivity contribution < 1.29 is 27.5 Å². The lowest BCUT2D eigenvalue weighted by Gasteiger charge is -2.54. The highest BCUT2D eigenvalue weighted by Crippen LogP contribution is 2.39. The molecule has 7 rings (SSSR count). The molecular weight excluding hydrogens is 783 g/mol. The van der Waals surface area contributed by atoms with E-state index in [1.165, 1.54) is 6.33 Å². The molecule has 276 valence electrons. The second kappa shape index (κ2) is 14.4. The van der Waals surface area contributed by atoms with Gasteiger partial charge in [0.1, 0.15) is 25.2 Å². The number of rotatable bonds is 9. The Labute approximate surface area is 313 Å². The van der Waals surface area contributed by atoms with Crippen molar-refractivity contribution in [2.24, 2.45) is 0 Å². The molecule has 0 radical (unpaired) electrons. The van der Waals surface area contributed by atoms with Crippen LogP contribution in [0.1, 0.15) is 52.8 Å². The maximum absolute atomic E-state index is 14.2. The van der Waals surface area contributed by atoms with E-state index in [9.17, 15) is 27.6 Å².